The molecule has 0 bridgehead atoms. The van der Waals surface area contributed by atoms with Crippen molar-refractivity contribution in [2.24, 2.45) is 5.92 Å². The van der Waals surface area contributed by atoms with Crippen LogP contribution in [0.2, 0.25) is 0 Å². The van der Waals surface area contributed by atoms with E-state index in [0.717, 1.165) is 11.1 Å². The van der Waals surface area contributed by atoms with Gasteiger partial charge in [-0.05, 0) is 55.6 Å². The molecule has 4 saturated heterocycles. The standard InChI is InChI=1S/C40H54N8O6/c1-4-26(2)34-40(54)48-32(19-12-22-42-48)39(53)47-31(18-11-21-41-47)37(51)45(3)33(25-28-16-9-6-10-17-28)38(52)46-23-13-20-30(46)36(50)43-29(35(49)44-34)24-27-14-7-5-8-15-27/h5-10,14-17,26,29-34,41-42H,4,11-13,18-25H2,1-3H3,(H,43,50)(H,44,49)/t26-,29-,30+,31+,32-,33-,34+/m1/s1. The maximum Gasteiger partial charge on any atom is 0.261 e. The zero-order valence-corrected chi connectivity index (χ0v) is 31.5. The summed E-state index contributed by atoms with van der Waals surface area (Å²) in [4.78, 5) is 89.8. The second kappa shape index (κ2) is 17.5. The van der Waals surface area contributed by atoms with Crippen LogP contribution in [0.25, 0.3) is 0 Å². The number of fused-ring (bicyclic) bond motifs is 3. The molecule has 4 fully saturated rings. The third-order valence-corrected chi connectivity index (χ3v) is 11.4. The Bertz CT molecular complexity index is 1680. The van der Waals surface area contributed by atoms with Gasteiger partial charge in [-0.15, -0.1) is 0 Å². The van der Waals surface area contributed by atoms with Gasteiger partial charge in [0.2, 0.25) is 23.6 Å². The molecule has 14 heteroatoms. The SMILES string of the molecule is CC[C@@H](C)[C@@H]1NC(=O)[C@@H](Cc2ccccc2)NC(=O)[C@@H]2CCCN2C(=O)[C@@H](Cc2ccccc2)N(C)C(=O)[C@@H]2CCCNN2C(=O)[C@H]2CCCNN2C1=O. The molecule has 7 atom stereocenters. The molecule has 2 aromatic carbocycles. The van der Waals surface area contributed by atoms with E-state index in [2.05, 4.69) is 21.5 Å². The first-order valence-corrected chi connectivity index (χ1v) is 19.5. The fourth-order valence-electron chi connectivity index (χ4n) is 8.08. The first-order valence-electron chi connectivity index (χ1n) is 19.5. The fourth-order valence-corrected chi connectivity index (χ4v) is 8.08. The van der Waals surface area contributed by atoms with Crippen LogP contribution in [0, 0.1) is 5.92 Å². The van der Waals surface area contributed by atoms with Gasteiger partial charge >= 0.3 is 0 Å². The summed E-state index contributed by atoms with van der Waals surface area (Å²) in [5.41, 5.74) is 7.91. The van der Waals surface area contributed by atoms with Gasteiger partial charge in [0.15, 0.2) is 0 Å². The van der Waals surface area contributed by atoms with Gasteiger partial charge in [-0.1, -0.05) is 80.9 Å². The summed E-state index contributed by atoms with van der Waals surface area (Å²) in [6.45, 7) is 5.00. The lowest BCUT2D eigenvalue weighted by Gasteiger charge is -2.44. The van der Waals surface area contributed by atoms with Crippen LogP contribution in [0.5, 0.6) is 0 Å². The van der Waals surface area contributed by atoms with Crippen LogP contribution in [-0.2, 0) is 41.6 Å². The maximum absolute atomic E-state index is 14.7. The second-order valence-corrected chi connectivity index (χ2v) is 15.0. The molecule has 0 spiro atoms. The van der Waals surface area contributed by atoms with Gasteiger partial charge < -0.3 is 20.4 Å². The molecule has 290 valence electrons. The van der Waals surface area contributed by atoms with E-state index >= 15 is 0 Å². The summed E-state index contributed by atoms with van der Waals surface area (Å²) in [6, 6.07) is 12.9. The quantitative estimate of drug-likeness (QED) is 0.345. The minimum absolute atomic E-state index is 0.152. The van der Waals surface area contributed by atoms with Crippen molar-refractivity contribution in [2.75, 3.05) is 26.7 Å². The lowest BCUT2D eigenvalue weighted by atomic mass is 9.95. The van der Waals surface area contributed by atoms with Crippen molar-refractivity contribution < 1.29 is 28.8 Å². The molecule has 14 nitrogen and oxygen atoms in total. The molecule has 4 aliphatic rings. The summed E-state index contributed by atoms with van der Waals surface area (Å²) in [6.07, 6.45) is 3.82. The number of likely N-dealkylation sites (N-methyl/N-ethyl adjacent to an activating group) is 1. The number of benzene rings is 2. The van der Waals surface area contributed by atoms with Crippen LogP contribution in [0.4, 0.5) is 0 Å². The van der Waals surface area contributed by atoms with Gasteiger partial charge in [-0.3, -0.25) is 38.8 Å². The van der Waals surface area contributed by atoms with Crippen LogP contribution in [-0.4, -0.2) is 118 Å². The Balaban J connectivity index is 1.42. The lowest BCUT2D eigenvalue weighted by Crippen LogP contribution is -2.69. The maximum atomic E-state index is 14.7. The van der Waals surface area contributed by atoms with Crippen LogP contribution in [0.3, 0.4) is 0 Å². The number of nitrogens with zero attached hydrogens (tertiary/aromatic N) is 4. The van der Waals surface area contributed by atoms with Gasteiger partial charge in [-0.2, -0.15) is 0 Å². The van der Waals surface area contributed by atoms with Crippen molar-refractivity contribution in [3.8, 4) is 0 Å². The van der Waals surface area contributed by atoms with E-state index in [4.69, 9.17) is 0 Å². The first kappa shape index (κ1) is 38.9. The van der Waals surface area contributed by atoms with E-state index in [9.17, 15) is 28.8 Å². The van der Waals surface area contributed by atoms with E-state index in [0.29, 0.717) is 64.6 Å². The number of nitrogens with one attached hydrogen (secondary N) is 4. The highest BCUT2D eigenvalue weighted by Crippen LogP contribution is 2.26. The second-order valence-electron chi connectivity index (χ2n) is 15.0. The minimum atomic E-state index is -1.06. The van der Waals surface area contributed by atoms with Crippen molar-refractivity contribution >= 4 is 35.4 Å². The highest BCUT2D eigenvalue weighted by molar-refractivity contribution is 5.98. The smallest absolute Gasteiger partial charge is 0.261 e. The Kier molecular flexibility index (Phi) is 12.6. The molecule has 54 heavy (non-hydrogen) atoms. The molecule has 4 aliphatic heterocycles. The monoisotopic (exact) mass is 742 g/mol. The molecule has 0 unspecified atom stereocenters. The van der Waals surface area contributed by atoms with Crippen LogP contribution in [0.1, 0.15) is 69.9 Å². The third kappa shape index (κ3) is 8.44. The fraction of sp³-hybridized carbons (Fsp3) is 0.550. The summed E-state index contributed by atoms with van der Waals surface area (Å²) >= 11 is 0. The summed E-state index contributed by atoms with van der Waals surface area (Å²) < 4.78 is 0. The summed E-state index contributed by atoms with van der Waals surface area (Å²) in [7, 11) is 1.59. The molecule has 6 rings (SSSR count). The van der Waals surface area contributed by atoms with E-state index < -0.39 is 65.8 Å². The number of amides is 6. The number of hydrogen-bond donors (Lipinski definition) is 4. The van der Waals surface area contributed by atoms with Crippen molar-refractivity contribution in [3.63, 3.8) is 0 Å². The molecule has 2 aromatic rings. The number of carbonyl (C=O) groups is 6. The zero-order valence-electron chi connectivity index (χ0n) is 31.5. The highest BCUT2D eigenvalue weighted by Gasteiger charge is 2.46. The predicted molar refractivity (Wildman–Crippen MR) is 201 cm³/mol. The largest absolute Gasteiger partial charge is 0.342 e. The normalized spacial score (nSPS) is 28.4. The lowest BCUT2D eigenvalue weighted by molar-refractivity contribution is -0.163. The van der Waals surface area contributed by atoms with Gasteiger partial charge in [0.25, 0.3) is 11.8 Å². The third-order valence-electron chi connectivity index (χ3n) is 11.4. The van der Waals surface area contributed by atoms with E-state index in [1.165, 1.54) is 19.8 Å². The molecule has 0 aromatic heterocycles. The van der Waals surface area contributed by atoms with Gasteiger partial charge in [0.05, 0.1) is 0 Å². The molecular weight excluding hydrogens is 688 g/mol. The average Bonchev–Trinajstić information content (AvgIpc) is 3.71. The Labute approximate surface area is 317 Å². The number of carbonyl (C=O) groups excluding carboxylic acids is 6. The average molecular weight is 743 g/mol. The molecular formula is C40H54N8O6. The predicted octanol–water partition coefficient (Wildman–Crippen LogP) is 1.31. The molecule has 0 saturated carbocycles. The number of rotatable bonds is 6. The Morgan fingerprint density at radius 1 is 0.648 bits per heavy atom. The van der Waals surface area contributed by atoms with Crippen molar-refractivity contribution in [3.05, 3.63) is 71.8 Å². The van der Waals surface area contributed by atoms with Crippen molar-refractivity contribution in [1.82, 2.24) is 41.3 Å². The van der Waals surface area contributed by atoms with E-state index in [1.54, 1.807) is 7.05 Å². The molecule has 0 radical (unpaired) electrons. The minimum Gasteiger partial charge on any atom is -0.342 e. The molecule has 4 heterocycles. The molecule has 6 amide bonds. The summed E-state index contributed by atoms with van der Waals surface area (Å²) in [5.74, 6) is -2.99. The Hall–Kier alpha value is -4.82. The highest BCUT2D eigenvalue weighted by atomic mass is 16.2. The van der Waals surface area contributed by atoms with E-state index in [1.807, 2.05) is 74.5 Å². The Morgan fingerprint density at radius 3 is 1.81 bits per heavy atom. The van der Waals surface area contributed by atoms with E-state index in [-0.39, 0.29) is 24.7 Å². The van der Waals surface area contributed by atoms with Crippen LogP contribution < -0.4 is 21.5 Å². The number of hydrogen-bond acceptors (Lipinski definition) is 8. The van der Waals surface area contributed by atoms with Crippen molar-refractivity contribution in [1.29, 1.82) is 0 Å². The van der Waals surface area contributed by atoms with Crippen LogP contribution >= 0.6 is 0 Å². The molecule has 0 aliphatic carbocycles. The van der Waals surface area contributed by atoms with Crippen molar-refractivity contribution in [2.45, 2.75) is 108 Å². The Morgan fingerprint density at radius 2 is 1.20 bits per heavy atom. The topological polar surface area (TPSA) is 164 Å². The molecule has 4 N–H and O–H groups in total. The zero-order chi connectivity index (χ0) is 38.4. The van der Waals surface area contributed by atoms with Gasteiger partial charge in [0.1, 0.15) is 36.3 Å². The van der Waals surface area contributed by atoms with Crippen LogP contribution in [0.15, 0.2) is 60.7 Å². The van der Waals surface area contributed by atoms with Gasteiger partial charge in [-0.25, -0.2) is 10.9 Å². The number of hydrazine groups is 2. The summed E-state index contributed by atoms with van der Waals surface area (Å²) in [5, 5.41) is 8.60. The van der Waals surface area contributed by atoms with Gasteiger partial charge in [0, 0.05) is 39.5 Å². The first-order chi connectivity index (χ1) is 26.1.